The third-order valence-electron chi connectivity index (χ3n) is 4.59. The summed E-state index contributed by atoms with van der Waals surface area (Å²) in [5, 5.41) is 18.9. The van der Waals surface area contributed by atoms with Gasteiger partial charge in [0.25, 0.3) is 5.91 Å². The Kier molecular flexibility index (Phi) is 4.44. The van der Waals surface area contributed by atoms with Crippen LogP contribution in [0.25, 0.3) is 5.65 Å². The van der Waals surface area contributed by atoms with Crippen molar-refractivity contribution in [1.82, 2.24) is 30.1 Å². The number of carbonyl (C=O) groups is 1. The number of amides is 1. The van der Waals surface area contributed by atoms with E-state index in [4.69, 9.17) is 0 Å². The van der Waals surface area contributed by atoms with Crippen molar-refractivity contribution in [1.29, 1.82) is 0 Å². The Morgan fingerprint density at radius 1 is 1.40 bits per heavy atom. The molecule has 1 amide bonds. The van der Waals surface area contributed by atoms with Crippen molar-refractivity contribution in [3.8, 4) is 0 Å². The van der Waals surface area contributed by atoms with Crippen molar-refractivity contribution in [2.45, 2.75) is 31.7 Å². The van der Waals surface area contributed by atoms with Crippen LogP contribution in [0.1, 0.15) is 46.5 Å². The van der Waals surface area contributed by atoms with Gasteiger partial charge >= 0.3 is 0 Å². The first-order valence-electron chi connectivity index (χ1n) is 8.43. The summed E-state index contributed by atoms with van der Waals surface area (Å²) in [5.74, 6) is 1.54. The van der Waals surface area contributed by atoms with Crippen LogP contribution < -0.4 is 5.32 Å². The zero-order valence-corrected chi connectivity index (χ0v) is 14.8. The standard InChI is InChI=1S/C17H20N6OS/c1-25-10-8-13(16-22-20-14-7-2-3-9-23(14)16)18-17(24)15-11-5-4-6-12(11)19-21-15/h2-3,7,9,13H,4-6,8,10H2,1H3,(H,18,24)(H,19,21)/t13-/m1/s1. The molecule has 3 aromatic rings. The molecule has 25 heavy (non-hydrogen) atoms. The zero-order chi connectivity index (χ0) is 17.2. The van der Waals surface area contributed by atoms with Crippen molar-refractivity contribution in [3.05, 3.63) is 47.2 Å². The lowest BCUT2D eigenvalue weighted by molar-refractivity contribution is 0.0927. The second-order valence-corrected chi connectivity index (χ2v) is 7.16. The molecule has 0 aromatic carbocycles. The number of pyridine rings is 1. The van der Waals surface area contributed by atoms with Gasteiger partial charge in [-0.3, -0.25) is 14.3 Å². The predicted octanol–water partition coefficient (Wildman–Crippen LogP) is 2.17. The van der Waals surface area contributed by atoms with Crippen molar-refractivity contribution in [2.24, 2.45) is 0 Å². The third-order valence-corrected chi connectivity index (χ3v) is 5.23. The number of hydrogen-bond acceptors (Lipinski definition) is 5. The van der Waals surface area contributed by atoms with Crippen molar-refractivity contribution < 1.29 is 4.79 Å². The molecule has 0 saturated heterocycles. The highest BCUT2D eigenvalue weighted by atomic mass is 32.2. The lowest BCUT2D eigenvalue weighted by atomic mass is 10.1. The highest BCUT2D eigenvalue weighted by Gasteiger charge is 2.26. The number of H-pyrrole nitrogens is 1. The molecule has 4 rings (SSSR count). The number of rotatable bonds is 6. The van der Waals surface area contributed by atoms with Crippen LogP contribution in [0, 0.1) is 0 Å². The normalized spacial score (nSPS) is 14.6. The molecule has 0 bridgehead atoms. The van der Waals surface area contributed by atoms with Gasteiger partial charge in [-0.15, -0.1) is 10.2 Å². The maximum Gasteiger partial charge on any atom is 0.272 e. The molecule has 0 unspecified atom stereocenters. The minimum Gasteiger partial charge on any atom is -0.341 e. The van der Waals surface area contributed by atoms with Gasteiger partial charge in [-0.2, -0.15) is 16.9 Å². The minimum absolute atomic E-state index is 0.141. The Morgan fingerprint density at radius 3 is 3.20 bits per heavy atom. The molecule has 0 radical (unpaired) electrons. The van der Waals surface area contributed by atoms with Gasteiger partial charge in [-0.1, -0.05) is 6.07 Å². The average Bonchev–Trinajstić information content (AvgIpc) is 3.33. The first-order chi connectivity index (χ1) is 12.3. The summed E-state index contributed by atoms with van der Waals surface area (Å²) in [4.78, 5) is 12.8. The molecule has 2 N–H and O–H groups in total. The van der Waals surface area contributed by atoms with Crippen LogP contribution in [0.3, 0.4) is 0 Å². The number of carbonyl (C=O) groups excluding carboxylic acids is 1. The first kappa shape index (κ1) is 16.1. The highest BCUT2D eigenvalue weighted by Crippen LogP contribution is 2.24. The van der Waals surface area contributed by atoms with E-state index in [1.165, 1.54) is 0 Å². The fraction of sp³-hybridized carbons (Fsp3) is 0.412. The number of nitrogens with zero attached hydrogens (tertiary/aromatic N) is 4. The van der Waals surface area contributed by atoms with Crippen LogP contribution in [0.4, 0.5) is 0 Å². The molecule has 130 valence electrons. The number of aromatic amines is 1. The Hall–Kier alpha value is -2.35. The van der Waals surface area contributed by atoms with Crippen LogP contribution in [0.5, 0.6) is 0 Å². The van der Waals surface area contributed by atoms with E-state index in [0.717, 1.165) is 54.2 Å². The smallest absolute Gasteiger partial charge is 0.272 e. The molecule has 1 aliphatic carbocycles. The van der Waals surface area contributed by atoms with Crippen molar-refractivity contribution >= 4 is 23.3 Å². The van der Waals surface area contributed by atoms with Gasteiger partial charge in [0.15, 0.2) is 17.2 Å². The molecule has 1 aliphatic rings. The van der Waals surface area contributed by atoms with Crippen molar-refractivity contribution in [2.75, 3.05) is 12.0 Å². The summed E-state index contributed by atoms with van der Waals surface area (Å²) in [7, 11) is 0. The monoisotopic (exact) mass is 356 g/mol. The largest absolute Gasteiger partial charge is 0.341 e. The van der Waals surface area contributed by atoms with E-state index >= 15 is 0 Å². The minimum atomic E-state index is -0.203. The van der Waals surface area contributed by atoms with Gasteiger partial charge < -0.3 is 5.32 Å². The van der Waals surface area contributed by atoms with Gasteiger partial charge in [-0.25, -0.2) is 0 Å². The van der Waals surface area contributed by atoms with Crippen LogP contribution in [0.15, 0.2) is 24.4 Å². The predicted molar refractivity (Wildman–Crippen MR) is 96.8 cm³/mol. The Bertz CT molecular complexity index is 902. The Labute approximate surface area is 149 Å². The molecule has 0 saturated carbocycles. The zero-order valence-electron chi connectivity index (χ0n) is 14.0. The molecule has 8 heteroatoms. The summed E-state index contributed by atoms with van der Waals surface area (Å²) in [6, 6.07) is 5.57. The van der Waals surface area contributed by atoms with Crippen LogP contribution in [-0.4, -0.2) is 42.7 Å². The number of hydrogen-bond donors (Lipinski definition) is 2. The van der Waals surface area contributed by atoms with E-state index in [9.17, 15) is 4.79 Å². The highest BCUT2D eigenvalue weighted by molar-refractivity contribution is 7.98. The molecular weight excluding hydrogens is 336 g/mol. The van der Waals surface area contributed by atoms with Gasteiger partial charge in [0.1, 0.15) is 0 Å². The summed E-state index contributed by atoms with van der Waals surface area (Å²) in [6.45, 7) is 0. The molecule has 0 fully saturated rings. The first-order valence-corrected chi connectivity index (χ1v) is 9.83. The van der Waals surface area contributed by atoms with Crippen molar-refractivity contribution in [3.63, 3.8) is 0 Å². The summed E-state index contributed by atoms with van der Waals surface area (Å²) in [6.07, 6.45) is 7.73. The van der Waals surface area contributed by atoms with E-state index in [-0.39, 0.29) is 11.9 Å². The van der Waals surface area contributed by atoms with Crippen LogP contribution in [0.2, 0.25) is 0 Å². The molecule has 0 spiro atoms. The molecule has 3 aromatic heterocycles. The van der Waals surface area contributed by atoms with Crippen LogP contribution >= 0.6 is 11.8 Å². The molecule has 3 heterocycles. The van der Waals surface area contributed by atoms with Gasteiger partial charge in [0.2, 0.25) is 0 Å². The lowest BCUT2D eigenvalue weighted by Crippen LogP contribution is -2.31. The van der Waals surface area contributed by atoms with Gasteiger partial charge in [0, 0.05) is 17.5 Å². The topological polar surface area (TPSA) is 88.0 Å². The van der Waals surface area contributed by atoms with Gasteiger partial charge in [-0.05, 0) is 49.8 Å². The van der Waals surface area contributed by atoms with Crippen LogP contribution in [-0.2, 0) is 12.8 Å². The number of nitrogens with one attached hydrogen (secondary N) is 2. The van der Waals surface area contributed by atoms with E-state index in [1.54, 1.807) is 11.8 Å². The molecule has 1 atom stereocenters. The summed E-state index contributed by atoms with van der Waals surface area (Å²) in [5.41, 5.74) is 3.46. The quantitative estimate of drug-likeness (QED) is 0.707. The number of thioether (sulfide) groups is 1. The lowest BCUT2D eigenvalue weighted by Gasteiger charge is -2.16. The number of aromatic nitrogens is 5. The van der Waals surface area contributed by atoms with E-state index in [0.29, 0.717) is 5.69 Å². The molecular formula is C17H20N6OS. The fourth-order valence-corrected chi connectivity index (χ4v) is 3.80. The third kappa shape index (κ3) is 3.02. The van der Waals surface area contributed by atoms with E-state index in [1.807, 2.05) is 28.8 Å². The maximum atomic E-state index is 12.8. The average molecular weight is 356 g/mol. The fourth-order valence-electron chi connectivity index (χ4n) is 3.33. The second-order valence-electron chi connectivity index (χ2n) is 6.18. The molecule has 7 nitrogen and oxygen atoms in total. The number of aryl methyl sites for hydroxylation is 1. The Morgan fingerprint density at radius 2 is 2.32 bits per heavy atom. The molecule has 0 aliphatic heterocycles. The second kappa shape index (κ2) is 6.87. The maximum absolute atomic E-state index is 12.8. The SMILES string of the molecule is CSCC[C@@H](NC(=O)c1n[nH]c2c1CCC2)c1nnc2ccccn12. The van der Waals surface area contributed by atoms with E-state index < -0.39 is 0 Å². The summed E-state index contributed by atoms with van der Waals surface area (Å²) < 4.78 is 1.93. The van der Waals surface area contributed by atoms with E-state index in [2.05, 4.69) is 32.0 Å². The Balaban J connectivity index is 1.62. The number of fused-ring (bicyclic) bond motifs is 2. The van der Waals surface area contributed by atoms with Gasteiger partial charge in [0.05, 0.1) is 6.04 Å². The summed E-state index contributed by atoms with van der Waals surface area (Å²) >= 11 is 1.75.